The third-order valence-electron chi connectivity index (χ3n) is 4.42. The molecule has 0 aliphatic rings. The van der Waals surface area contributed by atoms with Gasteiger partial charge < -0.3 is 15.4 Å². The predicted octanol–water partition coefficient (Wildman–Crippen LogP) is 3.04. The zero-order valence-corrected chi connectivity index (χ0v) is 16.8. The van der Waals surface area contributed by atoms with E-state index in [0.717, 1.165) is 28.3 Å². The summed E-state index contributed by atoms with van der Waals surface area (Å²) in [5.41, 5.74) is 9.87. The number of aromatic amines is 1. The minimum absolute atomic E-state index is 0. The van der Waals surface area contributed by atoms with E-state index in [1.54, 1.807) is 19.1 Å². The van der Waals surface area contributed by atoms with Gasteiger partial charge in [-0.1, -0.05) is 42.5 Å². The molecule has 3 aromatic rings. The quantitative estimate of drug-likeness (QED) is 0.638. The molecule has 28 heavy (non-hydrogen) atoms. The van der Waals surface area contributed by atoms with Crippen molar-refractivity contribution in [2.24, 2.45) is 5.73 Å². The lowest BCUT2D eigenvalue weighted by molar-refractivity contribution is -0.131. The Kier molecular flexibility index (Phi) is 7.61. The Morgan fingerprint density at radius 2 is 1.86 bits per heavy atom. The summed E-state index contributed by atoms with van der Waals surface area (Å²) in [6.07, 6.45) is 0.478. The van der Waals surface area contributed by atoms with E-state index in [-0.39, 0.29) is 18.3 Å². The van der Waals surface area contributed by atoms with E-state index in [4.69, 9.17) is 10.5 Å². The Hall–Kier alpha value is -2.83. The van der Waals surface area contributed by atoms with E-state index in [9.17, 15) is 4.79 Å². The van der Waals surface area contributed by atoms with E-state index in [1.165, 1.54) is 0 Å². The van der Waals surface area contributed by atoms with Crippen LogP contribution in [0.15, 0.2) is 60.7 Å². The van der Waals surface area contributed by atoms with Crippen LogP contribution in [-0.4, -0.2) is 41.2 Å². The molecule has 0 aliphatic heterocycles. The second kappa shape index (κ2) is 9.92. The molecular formula is C21H25ClN4O2. The van der Waals surface area contributed by atoms with Gasteiger partial charge in [-0.2, -0.15) is 5.10 Å². The number of carbonyl (C=O) groups excluding carboxylic acids is 1. The highest BCUT2D eigenvalue weighted by Gasteiger charge is 2.19. The van der Waals surface area contributed by atoms with E-state index in [0.29, 0.717) is 13.0 Å². The topological polar surface area (TPSA) is 84.2 Å². The summed E-state index contributed by atoms with van der Waals surface area (Å²) in [6.45, 7) is 0.426. The zero-order chi connectivity index (χ0) is 19.2. The molecule has 0 bridgehead atoms. The summed E-state index contributed by atoms with van der Waals surface area (Å²) < 4.78 is 5.14. The first-order valence-electron chi connectivity index (χ1n) is 8.80. The summed E-state index contributed by atoms with van der Waals surface area (Å²) in [4.78, 5) is 14.2. The highest BCUT2D eigenvalue weighted by atomic mass is 35.5. The average molecular weight is 401 g/mol. The first kappa shape index (κ1) is 21.5. The van der Waals surface area contributed by atoms with Gasteiger partial charge in [0.2, 0.25) is 5.91 Å². The number of likely N-dealkylation sites (N-methyl/N-ethyl adjacent to an activating group) is 1. The number of hydrogen-bond acceptors (Lipinski definition) is 4. The van der Waals surface area contributed by atoms with Crippen molar-refractivity contribution in [2.75, 3.05) is 14.2 Å². The Labute approximate surface area is 171 Å². The summed E-state index contributed by atoms with van der Waals surface area (Å²) in [5, 5.41) is 7.31. The van der Waals surface area contributed by atoms with Crippen LogP contribution in [0.4, 0.5) is 0 Å². The number of carbonyl (C=O) groups is 1. The smallest absolute Gasteiger partial charge is 0.239 e. The van der Waals surface area contributed by atoms with Crippen LogP contribution in [-0.2, 0) is 17.8 Å². The van der Waals surface area contributed by atoms with Gasteiger partial charge >= 0.3 is 0 Å². The van der Waals surface area contributed by atoms with Crippen molar-refractivity contribution in [2.45, 2.75) is 19.0 Å². The van der Waals surface area contributed by atoms with Crippen LogP contribution < -0.4 is 10.5 Å². The first-order chi connectivity index (χ1) is 13.1. The molecule has 1 heterocycles. The Morgan fingerprint density at radius 1 is 1.18 bits per heavy atom. The number of nitrogens with zero attached hydrogens (tertiary/aromatic N) is 2. The Morgan fingerprint density at radius 3 is 2.50 bits per heavy atom. The maximum absolute atomic E-state index is 12.6. The van der Waals surface area contributed by atoms with Gasteiger partial charge in [-0.3, -0.25) is 9.89 Å². The highest BCUT2D eigenvalue weighted by Crippen LogP contribution is 2.18. The molecule has 0 fully saturated rings. The van der Waals surface area contributed by atoms with Crippen molar-refractivity contribution in [3.8, 4) is 17.0 Å². The number of ether oxygens (including phenoxy) is 1. The number of hydrogen-bond donors (Lipinski definition) is 2. The number of amides is 1. The zero-order valence-electron chi connectivity index (χ0n) is 16.0. The van der Waals surface area contributed by atoms with Crippen LogP contribution in [0.3, 0.4) is 0 Å². The second-order valence-electron chi connectivity index (χ2n) is 6.50. The van der Waals surface area contributed by atoms with Crippen LogP contribution in [0.25, 0.3) is 11.3 Å². The van der Waals surface area contributed by atoms with Crippen molar-refractivity contribution < 1.29 is 9.53 Å². The first-order valence-corrected chi connectivity index (χ1v) is 8.80. The fraction of sp³-hybridized carbons (Fsp3) is 0.238. The SMILES string of the molecule is COc1ccc(C[C@H](N)C(=O)N(C)Cc2cc(-c3ccccc3)n[nH]2)cc1.Cl. The van der Waals surface area contributed by atoms with Gasteiger partial charge in [0.05, 0.1) is 31.1 Å². The van der Waals surface area contributed by atoms with E-state index < -0.39 is 6.04 Å². The summed E-state index contributed by atoms with van der Waals surface area (Å²) >= 11 is 0. The fourth-order valence-electron chi connectivity index (χ4n) is 2.92. The van der Waals surface area contributed by atoms with Crippen molar-refractivity contribution >= 4 is 18.3 Å². The predicted molar refractivity (Wildman–Crippen MR) is 112 cm³/mol. The molecule has 148 valence electrons. The van der Waals surface area contributed by atoms with Crippen molar-refractivity contribution in [3.05, 3.63) is 71.9 Å². The van der Waals surface area contributed by atoms with Crippen LogP contribution in [0.5, 0.6) is 5.75 Å². The molecule has 0 saturated carbocycles. The molecule has 1 atom stereocenters. The lowest BCUT2D eigenvalue weighted by atomic mass is 10.1. The minimum Gasteiger partial charge on any atom is -0.497 e. The number of nitrogens with one attached hydrogen (secondary N) is 1. The van der Waals surface area contributed by atoms with Crippen LogP contribution in [0, 0.1) is 0 Å². The number of benzene rings is 2. The lowest BCUT2D eigenvalue weighted by Gasteiger charge is -2.20. The van der Waals surface area contributed by atoms with Gasteiger partial charge in [0, 0.05) is 12.6 Å². The molecule has 2 aromatic carbocycles. The number of aromatic nitrogens is 2. The molecule has 1 aromatic heterocycles. The monoisotopic (exact) mass is 400 g/mol. The highest BCUT2D eigenvalue weighted by molar-refractivity contribution is 5.85. The van der Waals surface area contributed by atoms with Gasteiger partial charge in [0.1, 0.15) is 5.75 Å². The van der Waals surface area contributed by atoms with Gasteiger partial charge in [-0.15, -0.1) is 12.4 Å². The molecule has 7 heteroatoms. The standard InChI is InChI=1S/C21H24N4O2.ClH/c1-25(14-17-13-20(24-23-17)16-6-4-3-5-7-16)21(26)19(22)12-15-8-10-18(27-2)11-9-15;/h3-11,13,19H,12,14,22H2,1-2H3,(H,23,24);1H/t19-;/m0./s1. The number of nitrogens with two attached hydrogens (primary N) is 1. The molecule has 3 N–H and O–H groups in total. The number of rotatable bonds is 7. The van der Waals surface area contributed by atoms with E-state index in [1.807, 2.05) is 60.7 Å². The van der Waals surface area contributed by atoms with Gasteiger partial charge in [-0.05, 0) is 30.2 Å². The number of H-pyrrole nitrogens is 1. The van der Waals surface area contributed by atoms with Gasteiger partial charge in [0.15, 0.2) is 0 Å². The van der Waals surface area contributed by atoms with Crippen LogP contribution in [0.1, 0.15) is 11.3 Å². The molecule has 1 amide bonds. The van der Waals surface area contributed by atoms with Crippen LogP contribution >= 0.6 is 12.4 Å². The molecule has 6 nitrogen and oxygen atoms in total. The maximum atomic E-state index is 12.6. The molecule has 0 radical (unpaired) electrons. The molecular weight excluding hydrogens is 376 g/mol. The summed E-state index contributed by atoms with van der Waals surface area (Å²) in [5.74, 6) is 0.672. The van der Waals surface area contributed by atoms with E-state index in [2.05, 4.69) is 10.2 Å². The molecule has 0 spiro atoms. The number of methoxy groups -OCH3 is 1. The third kappa shape index (κ3) is 5.34. The van der Waals surface area contributed by atoms with Crippen molar-refractivity contribution in [1.29, 1.82) is 0 Å². The second-order valence-corrected chi connectivity index (χ2v) is 6.50. The molecule has 3 rings (SSSR count). The Balaban J connectivity index is 0.00000280. The molecule has 0 saturated heterocycles. The average Bonchev–Trinajstić information content (AvgIpc) is 3.17. The van der Waals surface area contributed by atoms with Gasteiger partial charge in [0.25, 0.3) is 0 Å². The van der Waals surface area contributed by atoms with E-state index >= 15 is 0 Å². The normalized spacial score (nSPS) is 11.4. The lowest BCUT2D eigenvalue weighted by Crippen LogP contribution is -2.42. The largest absolute Gasteiger partial charge is 0.497 e. The van der Waals surface area contributed by atoms with Crippen molar-refractivity contribution in [3.63, 3.8) is 0 Å². The number of halogens is 1. The molecule has 0 unspecified atom stereocenters. The molecule has 0 aliphatic carbocycles. The van der Waals surface area contributed by atoms with Gasteiger partial charge in [-0.25, -0.2) is 0 Å². The summed E-state index contributed by atoms with van der Waals surface area (Å²) in [7, 11) is 3.37. The fourth-order valence-corrected chi connectivity index (χ4v) is 2.92. The van der Waals surface area contributed by atoms with Crippen molar-refractivity contribution in [1.82, 2.24) is 15.1 Å². The minimum atomic E-state index is -0.597. The van der Waals surface area contributed by atoms with Crippen LogP contribution in [0.2, 0.25) is 0 Å². The summed E-state index contributed by atoms with van der Waals surface area (Å²) in [6, 6.07) is 18.8. The maximum Gasteiger partial charge on any atom is 0.239 e. The Bertz CT molecular complexity index is 881. The third-order valence-corrected chi connectivity index (χ3v) is 4.42.